The van der Waals surface area contributed by atoms with Gasteiger partial charge in [0, 0.05) is 29.9 Å². The van der Waals surface area contributed by atoms with Crippen LogP contribution in [-0.4, -0.2) is 4.57 Å². The van der Waals surface area contributed by atoms with Crippen LogP contribution in [0.1, 0.15) is 5.56 Å². The molecule has 1 aromatic heterocycles. The van der Waals surface area contributed by atoms with Crippen LogP contribution in [0.2, 0.25) is 0 Å². The monoisotopic (exact) mass is 250 g/mol. The fourth-order valence-corrected chi connectivity index (χ4v) is 2.29. The number of benzene rings is 2. The maximum absolute atomic E-state index is 11.8. The SMILES string of the molecule is Nc1cccc(Cn2ccc(=O)c3ccccc32)c1. The Bertz CT molecular complexity index is 790. The highest BCUT2D eigenvalue weighted by Gasteiger charge is 2.02. The highest BCUT2D eigenvalue weighted by Crippen LogP contribution is 2.13. The molecule has 0 atom stereocenters. The molecule has 0 spiro atoms. The summed E-state index contributed by atoms with van der Waals surface area (Å²) in [4.78, 5) is 11.8. The molecular formula is C16H14N2O. The largest absolute Gasteiger partial charge is 0.399 e. The van der Waals surface area contributed by atoms with Crippen LogP contribution >= 0.6 is 0 Å². The molecule has 0 aliphatic carbocycles. The quantitative estimate of drug-likeness (QED) is 0.711. The number of nitrogens with two attached hydrogens (primary N) is 1. The van der Waals surface area contributed by atoms with Crippen molar-refractivity contribution in [2.45, 2.75) is 6.54 Å². The van der Waals surface area contributed by atoms with Gasteiger partial charge in [0.2, 0.25) is 0 Å². The van der Waals surface area contributed by atoms with E-state index < -0.39 is 0 Å². The Balaban J connectivity index is 2.11. The van der Waals surface area contributed by atoms with Crippen LogP contribution in [0, 0.1) is 0 Å². The molecule has 94 valence electrons. The van der Waals surface area contributed by atoms with Gasteiger partial charge in [0.15, 0.2) is 5.43 Å². The molecule has 3 aromatic rings. The van der Waals surface area contributed by atoms with Gasteiger partial charge in [-0.3, -0.25) is 4.79 Å². The highest BCUT2D eigenvalue weighted by molar-refractivity contribution is 5.78. The molecule has 0 fully saturated rings. The molecule has 19 heavy (non-hydrogen) atoms. The number of hydrogen-bond acceptors (Lipinski definition) is 2. The number of hydrogen-bond donors (Lipinski definition) is 1. The number of nitrogen functional groups attached to an aromatic ring is 1. The van der Waals surface area contributed by atoms with E-state index in [0.29, 0.717) is 6.54 Å². The van der Waals surface area contributed by atoms with Crippen molar-refractivity contribution in [1.29, 1.82) is 0 Å². The number of pyridine rings is 1. The fourth-order valence-electron chi connectivity index (χ4n) is 2.29. The molecule has 0 saturated heterocycles. The van der Waals surface area contributed by atoms with Gasteiger partial charge < -0.3 is 10.3 Å². The third-order valence-electron chi connectivity index (χ3n) is 3.19. The Hall–Kier alpha value is -2.55. The lowest BCUT2D eigenvalue weighted by Gasteiger charge is -2.11. The molecule has 3 rings (SSSR count). The summed E-state index contributed by atoms with van der Waals surface area (Å²) in [6, 6.07) is 17.0. The van der Waals surface area contributed by atoms with Crippen LogP contribution in [0.5, 0.6) is 0 Å². The Morgan fingerprint density at radius 2 is 1.84 bits per heavy atom. The van der Waals surface area contributed by atoms with Crippen LogP contribution in [0.4, 0.5) is 5.69 Å². The van der Waals surface area contributed by atoms with Crippen LogP contribution in [0.25, 0.3) is 10.9 Å². The number of para-hydroxylation sites is 1. The highest BCUT2D eigenvalue weighted by atomic mass is 16.1. The van der Waals surface area contributed by atoms with Crippen molar-refractivity contribution in [3.8, 4) is 0 Å². The Labute approximate surface area is 110 Å². The molecule has 3 nitrogen and oxygen atoms in total. The van der Waals surface area contributed by atoms with Gasteiger partial charge in [-0.05, 0) is 29.8 Å². The van der Waals surface area contributed by atoms with Gasteiger partial charge >= 0.3 is 0 Å². The smallest absolute Gasteiger partial charge is 0.189 e. The average molecular weight is 250 g/mol. The van der Waals surface area contributed by atoms with E-state index in [-0.39, 0.29) is 5.43 Å². The molecular weight excluding hydrogens is 236 g/mol. The molecule has 0 amide bonds. The van der Waals surface area contributed by atoms with Gasteiger partial charge in [-0.15, -0.1) is 0 Å². The van der Waals surface area contributed by atoms with E-state index in [1.165, 1.54) is 0 Å². The molecule has 0 bridgehead atoms. The van der Waals surface area contributed by atoms with Gasteiger partial charge in [0.05, 0.1) is 5.52 Å². The van der Waals surface area contributed by atoms with E-state index in [1.807, 2.05) is 54.7 Å². The summed E-state index contributed by atoms with van der Waals surface area (Å²) in [5.41, 5.74) is 8.66. The number of nitrogens with zero attached hydrogens (tertiary/aromatic N) is 1. The topological polar surface area (TPSA) is 48.0 Å². The first-order valence-corrected chi connectivity index (χ1v) is 6.17. The number of anilines is 1. The van der Waals surface area contributed by atoms with Gasteiger partial charge in [0.1, 0.15) is 0 Å². The van der Waals surface area contributed by atoms with Gasteiger partial charge in [-0.2, -0.15) is 0 Å². The van der Waals surface area contributed by atoms with Crippen LogP contribution in [-0.2, 0) is 6.54 Å². The molecule has 2 aromatic carbocycles. The lowest BCUT2D eigenvalue weighted by molar-refractivity contribution is 0.826. The first-order chi connectivity index (χ1) is 9.24. The summed E-state index contributed by atoms with van der Waals surface area (Å²) >= 11 is 0. The molecule has 0 radical (unpaired) electrons. The minimum atomic E-state index is 0.0550. The van der Waals surface area contributed by atoms with Gasteiger partial charge in [-0.25, -0.2) is 0 Å². The minimum absolute atomic E-state index is 0.0550. The predicted molar refractivity (Wildman–Crippen MR) is 78.2 cm³/mol. The maximum Gasteiger partial charge on any atom is 0.189 e. The number of aromatic nitrogens is 1. The minimum Gasteiger partial charge on any atom is -0.399 e. The van der Waals surface area contributed by atoms with Crippen molar-refractivity contribution >= 4 is 16.6 Å². The molecule has 0 saturated carbocycles. The number of fused-ring (bicyclic) bond motifs is 1. The van der Waals surface area contributed by atoms with E-state index in [1.54, 1.807) is 6.07 Å². The van der Waals surface area contributed by atoms with Crippen molar-refractivity contribution in [3.63, 3.8) is 0 Å². The first-order valence-electron chi connectivity index (χ1n) is 6.17. The average Bonchev–Trinajstić information content (AvgIpc) is 2.42. The van der Waals surface area contributed by atoms with Gasteiger partial charge in [0.25, 0.3) is 0 Å². The van der Waals surface area contributed by atoms with E-state index in [2.05, 4.69) is 4.57 Å². The van der Waals surface area contributed by atoms with Crippen LogP contribution in [0.3, 0.4) is 0 Å². The Kier molecular flexibility index (Phi) is 2.80. The summed E-state index contributed by atoms with van der Waals surface area (Å²) in [5.74, 6) is 0. The fraction of sp³-hybridized carbons (Fsp3) is 0.0625. The lowest BCUT2D eigenvalue weighted by atomic mass is 10.1. The summed E-state index contributed by atoms with van der Waals surface area (Å²) in [7, 11) is 0. The maximum atomic E-state index is 11.8. The second kappa shape index (κ2) is 4.61. The molecule has 0 aliphatic rings. The predicted octanol–water partition coefficient (Wildman–Crippen LogP) is 2.63. The van der Waals surface area contributed by atoms with Crippen LogP contribution in [0.15, 0.2) is 65.6 Å². The Morgan fingerprint density at radius 1 is 1.00 bits per heavy atom. The molecule has 2 N–H and O–H groups in total. The standard InChI is InChI=1S/C16H14N2O/c17-13-5-3-4-12(10-13)11-18-9-8-16(19)14-6-1-2-7-15(14)18/h1-10H,11,17H2. The zero-order valence-electron chi connectivity index (χ0n) is 10.4. The molecule has 1 heterocycles. The lowest BCUT2D eigenvalue weighted by Crippen LogP contribution is -2.08. The third-order valence-corrected chi connectivity index (χ3v) is 3.19. The normalized spacial score (nSPS) is 10.7. The second-order valence-electron chi connectivity index (χ2n) is 4.57. The third kappa shape index (κ3) is 2.22. The summed E-state index contributed by atoms with van der Waals surface area (Å²) in [5, 5.41) is 0.744. The number of rotatable bonds is 2. The van der Waals surface area contributed by atoms with Crippen molar-refractivity contribution in [3.05, 3.63) is 76.6 Å². The van der Waals surface area contributed by atoms with E-state index in [4.69, 9.17) is 5.73 Å². The van der Waals surface area contributed by atoms with Crippen LogP contribution < -0.4 is 11.2 Å². The molecule has 3 heteroatoms. The van der Waals surface area contributed by atoms with E-state index >= 15 is 0 Å². The van der Waals surface area contributed by atoms with E-state index in [0.717, 1.165) is 22.2 Å². The van der Waals surface area contributed by atoms with Crippen molar-refractivity contribution in [2.24, 2.45) is 0 Å². The van der Waals surface area contributed by atoms with Gasteiger partial charge in [-0.1, -0.05) is 24.3 Å². The summed E-state index contributed by atoms with van der Waals surface area (Å²) in [6.07, 6.45) is 1.83. The molecule has 0 unspecified atom stereocenters. The summed E-state index contributed by atoms with van der Waals surface area (Å²) in [6.45, 7) is 0.700. The van der Waals surface area contributed by atoms with Crippen molar-refractivity contribution in [1.82, 2.24) is 4.57 Å². The first kappa shape index (κ1) is 11.5. The molecule has 0 aliphatic heterocycles. The summed E-state index contributed by atoms with van der Waals surface area (Å²) < 4.78 is 2.06. The van der Waals surface area contributed by atoms with Crippen molar-refractivity contribution < 1.29 is 0 Å². The van der Waals surface area contributed by atoms with Crippen molar-refractivity contribution in [2.75, 3.05) is 5.73 Å². The Morgan fingerprint density at radius 3 is 2.68 bits per heavy atom. The zero-order chi connectivity index (χ0) is 13.2. The second-order valence-corrected chi connectivity index (χ2v) is 4.57. The zero-order valence-corrected chi connectivity index (χ0v) is 10.4. The van der Waals surface area contributed by atoms with E-state index in [9.17, 15) is 4.79 Å².